The van der Waals surface area contributed by atoms with Gasteiger partial charge in [0.25, 0.3) is 0 Å². The number of fused-ring (bicyclic) bond motifs is 1. The van der Waals surface area contributed by atoms with Gasteiger partial charge in [0, 0.05) is 42.8 Å². The third-order valence-electron chi connectivity index (χ3n) is 6.79. The molecule has 9 heteroatoms. The predicted molar refractivity (Wildman–Crippen MR) is 139 cm³/mol. The number of nitrogens with two attached hydrogens (primary N) is 1. The van der Waals surface area contributed by atoms with Gasteiger partial charge in [-0.05, 0) is 60.1 Å². The zero-order chi connectivity index (χ0) is 25.0. The van der Waals surface area contributed by atoms with Crippen LogP contribution in [0.15, 0.2) is 48.7 Å². The van der Waals surface area contributed by atoms with Gasteiger partial charge < -0.3 is 21.1 Å². The van der Waals surface area contributed by atoms with Crippen LogP contribution in [0.5, 0.6) is 0 Å². The number of aliphatic hydroxyl groups excluding tert-OH is 1. The Morgan fingerprint density at radius 2 is 1.91 bits per heavy atom. The molecule has 0 saturated carbocycles. The van der Waals surface area contributed by atoms with E-state index in [0.717, 1.165) is 46.0 Å². The number of aromatic amines is 1. The molecular formula is C26H34N4O4S. The standard InChI is InChI=1S/C26H34N4O4S/c1-18(17-31)28-9-12-35(33,34)30-10-7-20(8-11-30)24-16-29-26-22(15-25(27)32)13-21(14-23(24)26)19-5-3-2-4-6-19/h2-6,13-14,16,18,20,28-29,31H,7-12,15,17H2,1H3,(H2,27,32)/t18-/m1/s1. The molecule has 0 unspecified atom stereocenters. The van der Waals surface area contributed by atoms with Crippen LogP contribution in [0.2, 0.25) is 0 Å². The van der Waals surface area contributed by atoms with Crippen molar-refractivity contribution in [3.05, 3.63) is 59.8 Å². The van der Waals surface area contributed by atoms with Crippen molar-refractivity contribution in [1.82, 2.24) is 14.6 Å². The number of sulfonamides is 1. The summed E-state index contributed by atoms with van der Waals surface area (Å²) in [5.74, 6) is -0.143. The van der Waals surface area contributed by atoms with Crippen LogP contribution in [0.25, 0.3) is 22.0 Å². The van der Waals surface area contributed by atoms with Crippen molar-refractivity contribution in [1.29, 1.82) is 0 Å². The zero-order valence-corrected chi connectivity index (χ0v) is 20.9. The Morgan fingerprint density at radius 3 is 2.57 bits per heavy atom. The van der Waals surface area contributed by atoms with Crippen molar-refractivity contribution in [3.8, 4) is 11.1 Å². The van der Waals surface area contributed by atoms with E-state index in [2.05, 4.69) is 16.4 Å². The van der Waals surface area contributed by atoms with Crippen molar-refractivity contribution in [2.24, 2.45) is 5.73 Å². The molecule has 2 heterocycles. The first kappa shape index (κ1) is 25.4. The average molecular weight is 499 g/mol. The summed E-state index contributed by atoms with van der Waals surface area (Å²) in [6.45, 7) is 3.06. The number of primary amides is 1. The molecule has 1 aliphatic heterocycles. The smallest absolute Gasteiger partial charge is 0.221 e. The molecular weight excluding hydrogens is 464 g/mol. The number of rotatable bonds is 10. The van der Waals surface area contributed by atoms with Gasteiger partial charge in [0.2, 0.25) is 15.9 Å². The van der Waals surface area contributed by atoms with Gasteiger partial charge in [-0.25, -0.2) is 12.7 Å². The van der Waals surface area contributed by atoms with E-state index in [0.29, 0.717) is 19.6 Å². The molecule has 3 aromatic rings. The number of piperidine rings is 1. The van der Waals surface area contributed by atoms with E-state index < -0.39 is 10.0 Å². The van der Waals surface area contributed by atoms with E-state index in [1.54, 1.807) is 4.31 Å². The third-order valence-corrected chi connectivity index (χ3v) is 8.66. The number of hydrogen-bond acceptors (Lipinski definition) is 5. The maximum Gasteiger partial charge on any atom is 0.221 e. The maximum atomic E-state index is 12.8. The summed E-state index contributed by atoms with van der Waals surface area (Å²) in [7, 11) is -3.35. The van der Waals surface area contributed by atoms with Crippen molar-refractivity contribution in [3.63, 3.8) is 0 Å². The molecule has 8 nitrogen and oxygen atoms in total. The Balaban J connectivity index is 1.54. The molecule has 0 bridgehead atoms. The number of benzene rings is 2. The average Bonchev–Trinajstić information content (AvgIpc) is 3.28. The summed E-state index contributed by atoms with van der Waals surface area (Å²) in [5.41, 5.74) is 10.6. The number of amides is 1. The molecule has 188 valence electrons. The second-order valence-electron chi connectivity index (χ2n) is 9.34. The molecule has 0 radical (unpaired) electrons. The minimum atomic E-state index is -3.35. The normalized spacial score (nSPS) is 16.5. The number of carbonyl (C=O) groups excluding carboxylic acids is 1. The van der Waals surface area contributed by atoms with Crippen molar-refractivity contribution < 1.29 is 18.3 Å². The van der Waals surface area contributed by atoms with E-state index in [1.165, 1.54) is 0 Å². The van der Waals surface area contributed by atoms with Crippen LogP contribution in [0, 0.1) is 0 Å². The minimum Gasteiger partial charge on any atom is -0.395 e. The van der Waals surface area contributed by atoms with Gasteiger partial charge in [0.15, 0.2) is 0 Å². The lowest BCUT2D eigenvalue weighted by molar-refractivity contribution is -0.117. The largest absolute Gasteiger partial charge is 0.395 e. The minimum absolute atomic E-state index is 0.0198. The van der Waals surface area contributed by atoms with Gasteiger partial charge in [0.1, 0.15) is 0 Å². The summed E-state index contributed by atoms with van der Waals surface area (Å²) in [5, 5.41) is 13.2. The third kappa shape index (κ3) is 5.92. The fraction of sp³-hybridized carbons (Fsp3) is 0.423. The fourth-order valence-electron chi connectivity index (χ4n) is 4.86. The van der Waals surface area contributed by atoms with Crippen LogP contribution in [0.3, 0.4) is 0 Å². The Hall–Kier alpha value is -2.72. The SMILES string of the molecule is C[C@H](CO)NCCS(=O)(=O)N1CCC(c2c[nH]c3c(CC(N)=O)cc(-c4ccccc4)cc23)CC1. The van der Waals surface area contributed by atoms with Gasteiger partial charge >= 0.3 is 0 Å². The number of hydrogen-bond donors (Lipinski definition) is 4. The van der Waals surface area contributed by atoms with Crippen LogP contribution < -0.4 is 11.1 Å². The van der Waals surface area contributed by atoms with E-state index >= 15 is 0 Å². The summed E-state index contributed by atoms with van der Waals surface area (Å²) in [6.07, 6.45) is 3.61. The molecule has 1 atom stereocenters. The van der Waals surface area contributed by atoms with Crippen LogP contribution >= 0.6 is 0 Å². The number of nitrogens with zero attached hydrogens (tertiary/aromatic N) is 1. The Labute approximate surface area is 206 Å². The number of H-pyrrole nitrogens is 1. The first-order valence-electron chi connectivity index (χ1n) is 12.1. The van der Waals surface area contributed by atoms with Crippen LogP contribution in [0.4, 0.5) is 0 Å². The number of aliphatic hydroxyl groups is 1. The highest BCUT2D eigenvalue weighted by Crippen LogP contribution is 2.37. The Kier molecular flexibility index (Phi) is 7.91. The molecule has 1 amide bonds. The molecule has 1 aliphatic rings. The van der Waals surface area contributed by atoms with Crippen molar-refractivity contribution >= 4 is 26.8 Å². The Morgan fingerprint density at radius 1 is 1.20 bits per heavy atom. The molecule has 0 aliphatic carbocycles. The monoisotopic (exact) mass is 498 g/mol. The molecule has 35 heavy (non-hydrogen) atoms. The van der Waals surface area contributed by atoms with Crippen molar-refractivity contribution in [2.45, 2.75) is 38.1 Å². The molecule has 1 saturated heterocycles. The molecule has 1 fully saturated rings. The van der Waals surface area contributed by atoms with Gasteiger partial charge in [-0.1, -0.05) is 30.3 Å². The molecule has 0 spiro atoms. The summed E-state index contributed by atoms with van der Waals surface area (Å²) < 4.78 is 27.1. The summed E-state index contributed by atoms with van der Waals surface area (Å²) >= 11 is 0. The second kappa shape index (κ2) is 10.9. The van der Waals surface area contributed by atoms with E-state index in [4.69, 9.17) is 10.8 Å². The summed E-state index contributed by atoms with van der Waals surface area (Å²) in [6, 6.07) is 14.1. The highest BCUT2D eigenvalue weighted by Gasteiger charge is 2.30. The predicted octanol–water partition coefficient (Wildman–Crippen LogP) is 2.34. The molecule has 4 rings (SSSR count). The quantitative estimate of drug-likeness (QED) is 0.341. The topological polar surface area (TPSA) is 129 Å². The first-order chi connectivity index (χ1) is 16.8. The number of aromatic nitrogens is 1. The second-order valence-corrected chi connectivity index (χ2v) is 11.4. The van der Waals surface area contributed by atoms with Crippen molar-refractivity contribution in [2.75, 3.05) is 32.0 Å². The highest BCUT2D eigenvalue weighted by atomic mass is 32.2. The zero-order valence-electron chi connectivity index (χ0n) is 20.0. The molecule has 5 N–H and O–H groups in total. The van der Waals surface area contributed by atoms with Crippen LogP contribution in [-0.2, 0) is 21.2 Å². The van der Waals surface area contributed by atoms with Gasteiger partial charge in [-0.15, -0.1) is 0 Å². The summed E-state index contributed by atoms with van der Waals surface area (Å²) in [4.78, 5) is 15.1. The van der Waals surface area contributed by atoms with Gasteiger partial charge in [-0.2, -0.15) is 0 Å². The van der Waals surface area contributed by atoms with E-state index in [1.807, 2.05) is 49.5 Å². The lowest BCUT2D eigenvalue weighted by Crippen LogP contribution is -2.42. The van der Waals surface area contributed by atoms with E-state index in [9.17, 15) is 13.2 Å². The highest BCUT2D eigenvalue weighted by molar-refractivity contribution is 7.89. The van der Waals surface area contributed by atoms with E-state index in [-0.39, 0.29) is 36.6 Å². The fourth-order valence-corrected chi connectivity index (χ4v) is 6.26. The molecule has 1 aromatic heterocycles. The molecule has 2 aromatic carbocycles. The maximum absolute atomic E-state index is 12.8. The van der Waals surface area contributed by atoms with Crippen LogP contribution in [0.1, 0.15) is 36.8 Å². The Bertz CT molecular complexity index is 1270. The number of nitrogens with one attached hydrogen (secondary N) is 2. The number of carbonyl (C=O) groups is 1. The lowest BCUT2D eigenvalue weighted by Gasteiger charge is -2.31. The van der Waals surface area contributed by atoms with Crippen LogP contribution in [-0.4, -0.2) is 66.8 Å². The first-order valence-corrected chi connectivity index (χ1v) is 13.7. The van der Waals surface area contributed by atoms with Gasteiger partial charge in [-0.3, -0.25) is 4.79 Å². The van der Waals surface area contributed by atoms with Gasteiger partial charge in [0.05, 0.1) is 18.8 Å². The lowest BCUT2D eigenvalue weighted by atomic mass is 9.88.